The molecule has 0 N–H and O–H groups in total. The first-order valence-corrected chi connectivity index (χ1v) is 28.6. The summed E-state index contributed by atoms with van der Waals surface area (Å²) in [5, 5.41) is 25.5. The molecule has 84 heavy (non-hydrogen) atoms. The van der Waals surface area contributed by atoms with Crippen LogP contribution in [0.2, 0.25) is 0 Å². The minimum atomic E-state index is -0.492. The standard InChI is InChI=1S/C32H39N3O6.C31H36N6O6/c1-8-10-38-29-18(4)30-32(41-16-40-30)26-20(29)13-23-27-25-19(11-17(3)28(37-7)31(25)39-15-36-6)12-22(34(27)5)24(14-33)35(23)21(26)9-2;1-7-8-40-28-17(3)29-31(43-15-42-29)25-19(28)11-21-26-24-18(9-16(2)27(39-6)30(24)41-14-38-5)10-20(36(26)4)22(12-32)37(21)23(25)13-34-35-33/h8,11,21-24,27H,1,9-10,12-13,15-16H2,2-7H3;7,9,20-23,26H,1,8,10-11,13-15H2,2-6H3/t21-,22-,23-,24-,27-;20-,21-,22-,23-,26-/m00/s1. The average molecular weight is 1150 g/mol. The summed E-state index contributed by atoms with van der Waals surface area (Å²) < 4.78 is 71.7. The highest BCUT2D eigenvalue weighted by Gasteiger charge is 2.59. The van der Waals surface area contributed by atoms with Crippen molar-refractivity contribution < 1.29 is 56.8 Å². The zero-order valence-corrected chi connectivity index (χ0v) is 49.9. The van der Waals surface area contributed by atoms with Gasteiger partial charge in [-0.25, -0.2) is 0 Å². The zero-order chi connectivity index (χ0) is 59.4. The molecule has 444 valence electrons. The summed E-state index contributed by atoms with van der Waals surface area (Å²) in [5.41, 5.74) is 21.6. The summed E-state index contributed by atoms with van der Waals surface area (Å²) >= 11 is 0. The van der Waals surface area contributed by atoms with Crippen LogP contribution in [-0.4, -0.2) is 145 Å². The smallest absolute Gasteiger partial charge is 0.231 e. The van der Waals surface area contributed by atoms with Crippen molar-refractivity contribution in [1.82, 2.24) is 19.6 Å². The van der Waals surface area contributed by atoms with Crippen LogP contribution in [0.3, 0.4) is 0 Å². The maximum atomic E-state index is 10.7. The van der Waals surface area contributed by atoms with E-state index in [1.54, 1.807) is 40.6 Å². The van der Waals surface area contributed by atoms with Crippen molar-refractivity contribution in [3.63, 3.8) is 0 Å². The Morgan fingerprint density at radius 3 is 1.43 bits per heavy atom. The molecule has 0 aromatic heterocycles. The fraction of sp³-hybridized carbons (Fsp3) is 0.524. The number of likely N-dealkylation sites (N-methyl/N-ethyl adjacent to an activating group) is 2. The van der Waals surface area contributed by atoms with Gasteiger partial charge < -0.3 is 56.8 Å². The van der Waals surface area contributed by atoms with Gasteiger partial charge in [0.25, 0.3) is 0 Å². The highest BCUT2D eigenvalue weighted by molar-refractivity contribution is 5.69. The second kappa shape index (κ2) is 23.8. The largest absolute Gasteiger partial charge is 0.493 e. The second-order valence-corrected chi connectivity index (χ2v) is 22.6. The molecule has 21 nitrogen and oxygen atoms in total. The molecule has 4 aromatic carbocycles. The highest BCUT2D eigenvalue weighted by Crippen LogP contribution is 2.61. The van der Waals surface area contributed by atoms with Crippen LogP contribution in [0.1, 0.15) is 104 Å². The Labute approximate surface area is 491 Å². The molecule has 8 aliphatic heterocycles. The summed E-state index contributed by atoms with van der Waals surface area (Å²) in [7, 11) is 10.8. The summed E-state index contributed by atoms with van der Waals surface area (Å²) in [4.78, 5) is 12.5. The van der Waals surface area contributed by atoms with Gasteiger partial charge in [-0.05, 0) is 102 Å². The molecule has 2 fully saturated rings. The summed E-state index contributed by atoms with van der Waals surface area (Å²) in [5.74, 6) is 7.05. The number of hydrogen-bond donors (Lipinski definition) is 0. The number of hydrogen-bond acceptors (Lipinski definition) is 19. The second-order valence-electron chi connectivity index (χ2n) is 22.6. The number of methoxy groups -OCH3 is 4. The van der Waals surface area contributed by atoms with Gasteiger partial charge in [0, 0.05) is 106 Å². The van der Waals surface area contributed by atoms with E-state index < -0.39 is 12.1 Å². The van der Waals surface area contributed by atoms with Gasteiger partial charge in [-0.15, -0.1) is 0 Å². The van der Waals surface area contributed by atoms with E-state index in [0.717, 1.165) is 103 Å². The van der Waals surface area contributed by atoms with Gasteiger partial charge in [0.2, 0.25) is 13.6 Å². The Hall–Kier alpha value is -7.59. The third kappa shape index (κ3) is 9.06. The van der Waals surface area contributed by atoms with Gasteiger partial charge in [0.1, 0.15) is 36.8 Å². The Balaban J connectivity index is 0.000000176. The number of piperazine rings is 2. The minimum Gasteiger partial charge on any atom is -0.493 e. The normalized spacial score (nSPS) is 25.4. The van der Waals surface area contributed by atoms with E-state index in [0.29, 0.717) is 61.2 Å². The predicted octanol–water partition coefficient (Wildman–Crippen LogP) is 9.44. The number of nitrogens with zero attached hydrogens (tertiary/aromatic N) is 9. The molecule has 2 saturated heterocycles. The predicted molar refractivity (Wildman–Crippen MR) is 310 cm³/mol. The van der Waals surface area contributed by atoms with E-state index in [4.69, 9.17) is 56.8 Å². The van der Waals surface area contributed by atoms with E-state index in [1.807, 2.05) is 27.7 Å². The summed E-state index contributed by atoms with van der Waals surface area (Å²) in [6.07, 6.45) is 6.87. The first kappa shape index (κ1) is 58.2. The molecule has 8 aliphatic rings. The quantitative estimate of drug-likeness (QED) is 0.0316. The van der Waals surface area contributed by atoms with Crippen molar-refractivity contribution in [1.29, 1.82) is 10.5 Å². The molecule has 0 radical (unpaired) electrons. The lowest BCUT2D eigenvalue weighted by Crippen LogP contribution is -2.68. The number of azide groups is 1. The number of aryl methyl sites for hydroxylation is 2. The number of rotatable bonds is 17. The van der Waals surface area contributed by atoms with Crippen LogP contribution in [-0.2, 0) is 35.2 Å². The molecule has 10 atom stereocenters. The third-order valence-electron chi connectivity index (χ3n) is 18.5. The van der Waals surface area contributed by atoms with Crippen LogP contribution in [0, 0.1) is 50.4 Å². The van der Waals surface area contributed by atoms with Crippen LogP contribution in [0.15, 0.2) is 42.6 Å². The molecule has 0 saturated carbocycles. The van der Waals surface area contributed by atoms with Crippen molar-refractivity contribution >= 4 is 0 Å². The molecular formula is C63H75N9O12. The number of ether oxygens (including phenoxy) is 12. The van der Waals surface area contributed by atoms with Gasteiger partial charge in [-0.2, -0.15) is 10.5 Å². The fourth-order valence-electron chi connectivity index (χ4n) is 15.5. The molecular weight excluding hydrogens is 1070 g/mol. The number of benzene rings is 4. The van der Waals surface area contributed by atoms with Gasteiger partial charge in [0.05, 0.1) is 38.4 Å². The van der Waals surface area contributed by atoms with Crippen LogP contribution >= 0.6 is 0 Å². The minimum absolute atomic E-state index is 0.0135. The fourth-order valence-corrected chi connectivity index (χ4v) is 15.5. The molecule has 12 rings (SSSR count). The van der Waals surface area contributed by atoms with E-state index in [-0.39, 0.29) is 82.1 Å². The lowest BCUT2D eigenvalue weighted by molar-refractivity contribution is -0.0745. The maximum absolute atomic E-state index is 10.7. The van der Waals surface area contributed by atoms with Crippen molar-refractivity contribution in [2.75, 3.05) is 89.5 Å². The maximum Gasteiger partial charge on any atom is 0.231 e. The summed E-state index contributed by atoms with van der Waals surface area (Å²) in [6, 6.07) is 7.84. The SMILES string of the molecule is C=CCOc1c(C)c2c(c3c1C[C@H]1[C@H]4c5c(cc(C)c(OC)c5OCOC)C[C@@H]([C@H](C#N)N1[C@H]3CC)N4C)OCO2.C=CCOc1c(C)c2c(c3c1C[C@H]1[C@H]4c5c(cc(C)c(OC)c5OCOC)C[C@@H]([C@H](C#N)N1[C@H]3CN=[N+]=[N-])N4C)OCO2. The summed E-state index contributed by atoms with van der Waals surface area (Å²) in [6.45, 7) is 19.2. The van der Waals surface area contributed by atoms with Crippen molar-refractivity contribution in [2.45, 2.75) is 127 Å². The van der Waals surface area contributed by atoms with Crippen LogP contribution in [0.25, 0.3) is 10.4 Å². The number of fused-ring (bicyclic) bond motifs is 18. The van der Waals surface area contributed by atoms with Gasteiger partial charge in [-0.3, -0.25) is 19.6 Å². The molecule has 8 heterocycles. The van der Waals surface area contributed by atoms with Gasteiger partial charge >= 0.3 is 0 Å². The molecule has 21 heteroatoms. The lowest BCUT2D eigenvalue weighted by Gasteiger charge is -2.60. The van der Waals surface area contributed by atoms with E-state index in [2.05, 4.69) is 88.1 Å². The lowest BCUT2D eigenvalue weighted by atomic mass is 9.71. The van der Waals surface area contributed by atoms with Crippen LogP contribution < -0.4 is 47.4 Å². The van der Waals surface area contributed by atoms with Crippen molar-refractivity contribution in [2.24, 2.45) is 5.11 Å². The third-order valence-corrected chi connectivity index (χ3v) is 18.5. The van der Waals surface area contributed by atoms with Crippen LogP contribution in [0.5, 0.6) is 57.5 Å². The first-order chi connectivity index (χ1) is 40.8. The monoisotopic (exact) mass is 1150 g/mol. The Bertz CT molecular complexity index is 3410. The van der Waals surface area contributed by atoms with Crippen LogP contribution in [0.4, 0.5) is 0 Å². The van der Waals surface area contributed by atoms with E-state index in [1.165, 1.54) is 5.56 Å². The van der Waals surface area contributed by atoms with E-state index >= 15 is 0 Å². The Kier molecular flexibility index (Phi) is 16.5. The molecule has 0 unspecified atom stereocenters. The topological polar surface area (TPSA) is 220 Å². The van der Waals surface area contributed by atoms with E-state index in [9.17, 15) is 16.1 Å². The molecule has 0 aliphatic carbocycles. The highest BCUT2D eigenvalue weighted by atomic mass is 16.7. The zero-order valence-electron chi connectivity index (χ0n) is 49.9. The van der Waals surface area contributed by atoms with Gasteiger partial charge in [0.15, 0.2) is 59.6 Å². The first-order valence-electron chi connectivity index (χ1n) is 28.6. The Morgan fingerprint density at radius 1 is 0.607 bits per heavy atom. The molecule has 0 spiro atoms. The van der Waals surface area contributed by atoms with Gasteiger partial charge in [-0.1, -0.05) is 49.5 Å². The molecule has 4 bridgehead atoms. The molecule has 4 aromatic rings. The van der Waals surface area contributed by atoms with Crippen molar-refractivity contribution in [3.05, 3.63) is 115 Å². The number of nitriles is 2. The average Bonchev–Trinajstić information content (AvgIpc) is 1.15. The molecule has 0 amide bonds. The Morgan fingerprint density at radius 2 is 1.04 bits per heavy atom. The van der Waals surface area contributed by atoms with Crippen molar-refractivity contribution in [3.8, 4) is 69.6 Å².